The Kier molecular flexibility index (Phi) is 21.9. The zero-order valence-corrected chi connectivity index (χ0v) is 42.1. The van der Waals surface area contributed by atoms with Crippen LogP contribution in [-0.2, 0) is 61.0 Å². The summed E-state index contributed by atoms with van der Waals surface area (Å²) < 4.78 is 83.9. The zero-order chi connectivity index (χ0) is 45.7. The predicted molar refractivity (Wildman–Crippen MR) is 263 cm³/mol. The van der Waals surface area contributed by atoms with E-state index in [1.165, 1.54) is 0 Å². The highest BCUT2D eigenvalue weighted by Gasteiger charge is 2.34. The van der Waals surface area contributed by atoms with E-state index < -0.39 is 29.5 Å². The van der Waals surface area contributed by atoms with Gasteiger partial charge in [-0.1, -0.05) is 121 Å². The van der Waals surface area contributed by atoms with Crippen LogP contribution in [0.2, 0.25) is 0 Å². The lowest BCUT2D eigenvalue weighted by Crippen LogP contribution is -2.46. The molecular formula is C48H72N4O8P4. The molecule has 1 saturated heterocycles. The molecule has 0 saturated carbocycles. The van der Waals surface area contributed by atoms with Gasteiger partial charge in [-0.15, -0.1) is 0 Å². The topological polar surface area (TPSA) is 118 Å². The fourth-order valence-corrected chi connectivity index (χ4v) is 17.9. The van der Waals surface area contributed by atoms with Crippen LogP contribution in [0.15, 0.2) is 121 Å². The maximum Gasteiger partial charge on any atom is 0.220 e. The van der Waals surface area contributed by atoms with Gasteiger partial charge in [0.2, 0.25) is 29.5 Å². The quantitative estimate of drug-likeness (QED) is 0.0622. The molecule has 16 heteroatoms. The molecule has 4 atom stereocenters. The number of rotatable bonds is 24. The summed E-state index contributed by atoms with van der Waals surface area (Å²) in [5, 5.41) is 0. The van der Waals surface area contributed by atoms with Crippen LogP contribution in [0.4, 0.5) is 0 Å². The minimum Gasteiger partial charge on any atom is -0.328 e. The Bertz CT molecular complexity index is 1810. The molecule has 1 heterocycles. The number of nitrogens with zero attached hydrogens (tertiary/aromatic N) is 4. The van der Waals surface area contributed by atoms with Crippen molar-refractivity contribution in [3.63, 3.8) is 0 Å². The molecule has 1 aliphatic rings. The van der Waals surface area contributed by atoms with E-state index in [0.29, 0.717) is 103 Å². The summed E-state index contributed by atoms with van der Waals surface area (Å²) in [7, 11) is -12.9. The zero-order valence-electron chi connectivity index (χ0n) is 38.5. The molecule has 0 aromatic heterocycles. The van der Waals surface area contributed by atoms with Crippen molar-refractivity contribution in [1.82, 2.24) is 19.6 Å². The Hall–Kier alpha value is -2.52. The average molecular weight is 957 g/mol. The second-order valence-electron chi connectivity index (χ2n) is 16.5. The Morgan fingerprint density at radius 2 is 0.500 bits per heavy atom. The summed E-state index contributed by atoms with van der Waals surface area (Å²) in [5.41, 5.74) is 3.80. The first-order valence-electron chi connectivity index (χ1n) is 22.8. The molecule has 1 fully saturated rings. The molecular weight excluding hydrogens is 884 g/mol. The van der Waals surface area contributed by atoms with Crippen molar-refractivity contribution in [1.29, 1.82) is 0 Å². The van der Waals surface area contributed by atoms with Gasteiger partial charge in [-0.05, 0) is 49.9 Å². The van der Waals surface area contributed by atoms with Gasteiger partial charge in [-0.2, -0.15) is 0 Å². The average Bonchev–Trinajstić information content (AvgIpc) is 3.26. The molecule has 0 N–H and O–H groups in total. The molecule has 4 aromatic rings. The van der Waals surface area contributed by atoms with E-state index in [4.69, 9.17) is 18.1 Å². The van der Waals surface area contributed by atoms with E-state index in [9.17, 15) is 18.3 Å². The smallest absolute Gasteiger partial charge is 0.220 e. The Labute approximate surface area is 383 Å². The monoisotopic (exact) mass is 956 g/mol. The van der Waals surface area contributed by atoms with Gasteiger partial charge in [0, 0.05) is 52.4 Å². The van der Waals surface area contributed by atoms with E-state index in [2.05, 4.69) is 19.6 Å². The minimum atomic E-state index is -3.21. The highest BCUT2D eigenvalue weighted by molar-refractivity contribution is 7.59. The molecule has 64 heavy (non-hydrogen) atoms. The molecule has 4 unspecified atom stereocenters. The largest absolute Gasteiger partial charge is 0.328 e. The first-order chi connectivity index (χ1) is 30.9. The second kappa shape index (κ2) is 26.7. The molecule has 0 amide bonds. The van der Waals surface area contributed by atoms with Crippen molar-refractivity contribution in [2.75, 3.05) is 104 Å². The third kappa shape index (κ3) is 18.3. The Morgan fingerprint density at radius 3 is 0.656 bits per heavy atom. The van der Waals surface area contributed by atoms with Crippen molar-refractivity contribution in [2.24, 2.45) is 0 Å². The van der Waals surface area contributed by atoms with Crippen LogP contribution < -0.4 is 0 Å². The number of benzene rings is 4. The molecule has 0 bridgehead atoms. The Morgan fingerprint density at radius 1 is 0.328 bits per heavy atom. The van der Waals surface area contributed by atoms with Crippen LogP contribution in [0.25, 0.3) is 0 Å². The van der Waals surface area contributed by atoms with Gasteiger partial charge >= 0.3 is 0 Å². The number of hydrogen-bond acceptors (Lipinski definition) is 12. The highest BCUT2D eigenvalue weighted by atomic mass is 31.2. The summed E-state index contributed by atoms with van der Waals surface area (Å²) in [6, 6.07) is 39.3. The predicted octanol–water partition coefficient (Wildman–Crippen LogP) is 11.1. The van der Waals surface area contributed by atoms with Gasteiger partial charge in [0.15, 0.2) is 0 Å². The molecule has 12 nitrogen and oxygen atoms in total. The van der Waals surface area contributed by atoms with Crippen LogP contribution in [0, 0.1) is 0 Å². The summed E-state index contributed by atoms with van der Waals surface area (Å²) >= 11 is 0. The second-order valence-corrected chi connectivity index (χ2v) is 26.5. The van der Waals surface area contributed by atoms with Crippen molar-refractivity contribution >= 4 is 29.5 Å². The van der Waals surface area contributed by atoms with Gasteiger partial charge in [-0.25, -0.2) is 0 Å². The van der Waals surface area contributed by atoms with Crippen molar-refractivity contribution in [3.05, 3.63) is 144 Å². The van der Waals surface area contributed by atoms with Gasteiger partial charge in [0.1, 0.15) is 0 Å². The summed E-state index contributed by atoms with van der Waals surface area (Å²) in [6.07, 6.45) is 2.10. The van der Waals surface area contributed by atoms with Crippen LogP contribution in [0.3, 0.4) is 0 Å². The lowest BCUT2D eigenvalue weighted by atomic mass is 10.2. The van der Waals surface area contributed by atoms with Gasteiger partial charge < -0.3 is 18.1 Å². The molecule has 352 valence electrons. The van der Waals surface area contributed by atoms with Crippen molar-refractivity contribution < 1.29 is 36.4 Å². The standard InChI is InChI=1S/C48H72N4O8P4/c1-5-57-61(53,37-45-21-13-9-14-22-45)41-49-29-31-50(42-62(54,58-6-2)38-46-23-15-10-16-24-46)33-35-52(44-64(56,60-8-4)40-48-27-19-12-20-28-48)36-34-51(32-30-49)43-63(55,59-7-3)39-47-25-17-11-18-26-47/h9-28H,5-8,29-44H2,1-4H3. The first-order valence-corrected chi connectivity index (χ1v) is 30.8. The van der Waals surface area contributed by atoms with Crippen LogP contribution in [0.5, 0.6) is 0 Å². The van der Waals surface area contributed by atoms with Gasteiger partial charge in [-0.3, -0.25) is 37.9 Å². The van der Waals surface area contributed by atoms with Crippen molar-refractivity contribution in [3.8, 4) is 0 Å². The van der Waals surface area contributed by atoms with Crippen LogP contribution in [0.1, 0.15) is 49.9 Å². The summed E-state index contributed by atoms with van der Waals surface area (Å²) in [6.45, 7) is 12.9. The minimum absolute atomic E-state index is 0.223. The lowest BCUT2D eigenvalue weighted by Gasteiger charge is -2.37. The van der Waals surface area contributed by atoms with E-state index in [-0.39, 0.29) is 25.1 Å². The number of hydrogen-bond donors (Lipinski definition) is 0. The molecule has 1 aliphatic heterocycles. The Balaban J connectivity index is 1.50. The first kappa shape index (κ1) is 52.4. The normalized spacial score (nSPS) is 19.3. The van der Waals surface area contributed by atoms with E-state index in [0.717, 1.165) is 22.3 Å². The SMILES string of the molecule is CCOP(=O)(Cc1ccccc1)CN1CCN(CP(=O)(Cc2ccccc2)OCC)CCN(CP(=O)(Cc2ccccc2)OCC)CCN(CP(=O)(Cc2ccccc2)OCC)CC1. The molecule has 4 aromatic carbocycles. The van der Waals surface area contributed by atoms with Gasteiger partial charge in [0.25, 0.3) is 0 Å². The summed E-state index contributed by atoms with van der Waals surface area (Å²) in [5.74, 6) is 0. The van der Waals surface area contributed by atoms with E-state index in [1.54, 1.807) is 0 Å². The highest BCUT2D eigenvalue weighted by Crippen LogP contribution is 2.54. The van der Waals surface area contributed by atoms with Crippen LogP contribution in [-0.4, -0.2) is 124 Å². The third-order valence-corrected chi connectivity index (χ3v) is 20.7. The maximum absolute atomic E-state index is 14.8. The van der Waals surface area contributed by atoms with E-state index in [1.807, 2.05) is 149 Å². The van der Waals surface area contributed by atoms with E-state index >= 15 is 0 Å². The molecule has 5 rings (SSSR count). The molecule has 0 radical (unpaired) electrons. The fraction of sp³-hybridized carbons (Fsp3) is 0.500. The maximum atomic E-state index is 14.8. The fourth-order valence-electron chi connectivity index (χ4n) is 8.30. The van der Waals surface area contributed by atoms with Gasteiger partial charge in [0.05, 0.1) is 76.2 Å². The van der Waals surface area contributed by atoms with Crippen LogP contribution >= 0.6 is 29.5 Å². The van der Waals surface area contributed by atoms with Crippen molar-refractivity contribution in [2.45, 2.75) is 52.3 Å². The molecule has 0 aliphatic carbocycles. The lowest BCUT2D eigenvalue weighted by molar-refractivity contribution is 0.154. The summed E-state index contributed by atoms with van der Waals surface area (Å²) in [4.78, 5) is 8.81. The third-order valence-electron chi connectivity index (χ3n) is 11.1. The molecule has 0 spiro atoms.